The Morgan fingerprint density at radius 3 is 2.30 bits per heavy atom. The van der Waals surface area contributed by atoms with Crippen molar-refractivity contribution in [3.63, 3.8) is 0 Å². The third kappa shape index (κ3) is 16.2. The first-order chi connectivity index (χ1) is 48.1. The highest BCUT2D eigenvalue weighted by molar-refractivity contribution is 5.97. The van der Waals surface area contributed by atoms with Crippen LogP contribution in [0.3, 0.4) is 0 Å². The number of halogens is 1. The number of esters is 1. The fraction of sp³-hybridized carbons (Fsp3) is 0.538. The van der Waals surface area contributed by atoms with Gasteiger partial charge in [-0.25, -0.2) is 14.2 Å². The molecule has 0 bridgehead atoms. The van der Waals surface area contributed by atoms with Gasteiger partial charge in [0.25, 0.3) is 5.56 Å². The molecule has 0 radical (unpaired) electrons. The predicted molar refractivity (Wildman–Crippen MR) is 383 cm³/mol. The first-order valence-electron chi connectivity index (χ1n) is 36.0. The number of likely N-dealkylation sites (tertiary alicyclic amines) is 1. The number of aromatic nitrogens is 2. The van der Waals surface area contributed by atoms with Gasteiger partial charge < -0.3 is 61.3 Å². The number of hydrogen-bond donors (Lipinski definition) is 7. The Kier molecular flexibility index (Phi) is 23.2. The van der Waals surface area contributed by atoms with Gasteiger partial charge >= 0.3 is 5.97 Å². The van der Waals surface area contributed by atoms with Gasteiger partial charge in [0, 0.05) is 84.1 Å². The third-order valence-electron chi connectivity index (χ3n) is 21.7. The van der Waals surface area contributed by atoms with Gasteiger partial charge in [0.1, 0.15) is 24.5 Å². The molecule has 10 rings (SSSR count). The maximum Gasteiger partial charge on any atom is 0.343 e. The number of rotatable bonds is 30. The first-order valence-corrected chi connectivity index (χ1v) is 36.0. The highest BCUT2D eigenvalue weighted by atomic mass is 19.1. The zero-order valence-electron chi connectivity index (χ0n) is 60.1. The maximum absolute atomic E-state index is 15.6. The average Bonchev–Trinajstić information content (AvgIpc) is 1.50. The number of pyridine rings is 2. The summed E-state index contributed by atoms with van der Waals surface area (Å²) < 4.78 is 28.7. The quantitative estimate of drug-likeness (QED) is 0.0164. The van der Waals surface area contributed by atoms with Crippen molar-refractivity contribution in [2.45, 2.75) is 208 Å². The molecule has 4 unspecified atom stereocenters. The van der Waals surface area contributed by atoms with Gasteiger partial charge in [0.15, 0.2) is 5.60 Å². The molecule has 22 nitrogen and oxygen atoms in total. The molecule has 8 N–H and O–H groups in total. The van der Waals surface area contributed by atoms with Crippen LogP contribution in [0.4, 0.5) is 10.1 Å². The molecule has 3 aliphatic heterocycles. The van der Waals surface area contributed by atoms with E-state index >= 15 is 4.39 Å². The van der Waals surface area contributed by atoms with Crippen LogP contribution in [-0.4, -0.2) is 124 Å². The second-order valence-electron chi connectivity index (χ2n) is 29.9. The van der Waals surface area contributed by atoms with Gasteiger partial charge in [0.2, 0.25) is 41.4 Å². The van der Waals surface area contributed by atoms with Crippen LogP contribution in [0.2, 0.25) is 0 Å². The highest BCUT2D eigenvalue weighted by Crippen LogP contribution is 2.49. The fourth-order valence-corrected chi connectivity index (χ4v) is 15.4. The van der Waals surface area contributed by atoms with E-state index < -0.39 is 82.3 Å². The molecule has 1 saturated carbocycles. The van der Waals surface area contributed by atoms with Crippen molar-refractivity contribution >= 4 is 70.0 Å². The zero-order valence-corrected chi connectivity index (χ0v) is 60.1. The van der Waals surface area contributed by atoms with Crippen molar-refractivity contribution in [3.05, 3.63) is 133 Å². The number of ether oxygens (including phenoxy) is 2. The Labute approximate surface area is 590 Å². The largest absolute Gasteiger partial charge is 0.458 e. The van der Waals surface area contributed by atoms with Crippen molar-refractivity contribution in [2.24, 2.45) is 28.4 Å². The summed E-state index contributed by atoms with van der Waals surface area (Å²) in [5, 5.41) is 26.7. The van der Waals surface area contributed by atoms with E-state index in [0.717, 1.165) is 47.2 Å². The summed E-state index contributed by atoms with van der Waals surface area (Å²) in [6.07, 6.45) is 8.46. The fourth-order valence-electron chi connectivity index (χ4n) is 15.4. The van der Waals surface area contributed by atoms with Crippen molar-refractivity contribution in [3.8, 4) is 11.4 Å². The lowest BCUT2D eigenvalue weighted by Crippen LogP contribution is -2.62. The van der Waals surface area contributed by atoms with E-state index in [4.69, 9.17) is 20.2 Å². The Morgan fingerprint density at radius 2 is 1.60 bits per heavy atom. The lowest BCUT2D eigenvalue weighted by Gasteiger charge is -2.54. The Hall–Kier alpha value is -8.67. The number of benzene rings is 3. The number of nitrogens with two attached hydrogens (primary N) is 1. The van der Waals surface area contributed by atoms with Crippen LogP contribution in [0.25, 0.3) is 28.4 Å². The van der Waals surface area contributed by atoms with Crippen LogP contribution in [0.5, 0.6) is 0 Å². The monoisotopic (exact) mass is 1390 g/mol. The number of aliphatic hydroxyl groups is 1. The van der Waals surface area contributed by atoms with E-state index in [9.17, 15) is 48.3 Å². The summed E-state index contributed by atoms with van der Waals surface area (Å²) in [5.41, 5.74) is 9.31. The molecule has 5 heterocycles. The molecule has 1 saturated heterocycles. The van der Waals surface area contributed by atoms with Crippen molar-refractivity contribution in [1.29, 1.82) is 0 Å². The van der Waals surface area contributed by atoms with Gasteiger partial charge in [-0.15, -0.1) is 0 Å². The lowest BCUT2D eigenvalue weighted by atomic mass is 9.65. The molecule has 5 aliphatic rings. The molecule has 2 aliphatic carbocycles. The SMILES string of the molecule is C=Cc1ccccc1CN(C(=O)CCNC(=O)C1CCC2(CC1)CN(C(=O)C(C)(C)CCOC(C)(C)CCC(=O)NC(C(=O)NC(CCCCN)C(=O)NCC(=O)NC1CCc3c(C)c(F)cc4nc5c(c1c34)Cn1c-5cc3c(c1=O)COC(=O)C3(O)CC)C(C)C)C2)c1ccccc1CC. The number of cyclic esters (lactones) is 1. The summed E-state index contributed by atoms with van der Waals surface area (Å²) in [6, 6.07) is 15.9. The lowest BCUT2D eigenvalue weighted by molar-refractivity contribution is -0.172. The number of carbonyl (C=O) groups excluding carboxylic acids is 8. The molecule has 23 heteroatoms. The Morgan fingerprint density at radius 1 is 0.891 bits per heavy atom. The molecule has 2 aromatic heterocycles. The van der Waals surface area contributed by atoms with E-state index in [1.54, 1.807) is 39.8 Å². The minimum absolute atomic E-state index is 0.0182. The average molecular weight is 1390 g/mol. The van der Waals surface area contributed by atoms with Crippen molar-refractivity contribution < 1.29 is 57.3 Å². The van der Waals surface area contributed by atoms with Gasteiger partial charge in [-0.05, 0) is 162 Å². The second kappa shape index (κ2) is 31.3. The normalized spacial score (nSPS) is 18.1. The molecular formula is C78H101FN10O12. The summed E-state index contributed by atoms with van der Waals surface area (Å²) >= 11 is 0. The van der Waals surface area contributed by atoms with E-state index in [2.05, 4.69) is 40.1 Å². The smallest absolute Gasteiger partial charge is 0.343 e. The summed E-state index contributed by atoms with van der Waals surface area (Å²) in [5.74, 6) is -4.12. The van der Waals surface area contributed by atoms with E-state index in [1.807, 2.05) is 86.0 Å². The van der Waals surface area contributed by atoms with E-state index in [-0.39, 0.29) is 98.1 Å². The van der Waals surface area contributed by atoms with Gasteiger partial charge in [0.05, 0.1) is 53.7 Å². The number of unbranched alkanes of at least 4 members (excludes halogenated alkanes) is 1. The number of fused-ring (bicyclic) bond motifs is 5. The number of carbonyl (C=O) groups is 8. The molecule has 3 aromatic carbocycles. The third-order valence-corrected chi connectivity index (χ3v) is 21.7. The predicted octanol–water partition coefficient (Wildman–Crippen LogP) is 8.46. The van der Waals surface area contributed by atoms with Crippen molar-refractivity contribution in [2.75, 3.05) is 44.2 Å². The molecule has 5 aromatic rings. The molecule has 101 heavy (non-hydrogen) atoms. The molecule has 2 fully saturated rings. The molecule has 7 amide bonds. The minimum atomic E-state index is -2.06. The van der Waals surface area contributed by atoms with Crippen LogP contribution in [0.1, 0.15) is 195 Å². The number of amides is 7. The number of para-hydroxylation sites is 1. The summed E-state index contributed by atoms with van der Waals surface area (Å²) in [4.78, 5) is 133. The van der Waals surface area contributed by atoms with Gasteiger partial charge in [-0.2, -0.15) is 0 Å². The standard InChI is InChI=1S/C78H101FN10O12/c1-11-48-20-14-15-22-51(48)41-88(60-24-17-16-21-49(60)12-2)64(92)30-36-81-69(93)50-27-32-77(33-28-50)44-87(45-77)73(97)75(7,8)34-37-101-76(9,10)31-29-62(90)86-67(46(4)5)71(95)85-58(23-18-19-35-80)70(94)82-40-63(91)83-57-26-25-52-47(6)56(79)39-59-65(52)66(57)53-42-89-61(68(53)84-59)38-55-54(72(89)96)43-100-74(98)78(55,99)13-3/h11,14-17,20-22,24,38-39,46,50,57-58,67,99H,1,12-13,18-19,23,25-37,40-45,80H2,2-10H3,(H,81,93)(H,82,94)(H,83,91)(H,85,95)(H,86,90). The highest BCUT2D eigenvalue weighted by Gasteiger charge is 2.51. The number of aryl methyl sites for hydroxylation is 2. The van der Waals surface area contributed by atoms with Crippen LogP contribution < -0.4 is 42.8 Å². The topological polar surface area (TPSA) is 303 Å². The molecule has 1 spiro atoms. The van der Waals surface area contributed by atoms with Crippen LogP contribution in [0, 0.1) is 35.4 Å². The number of nitrogens with one attached hydrogen (secondary N) is 5. The van der Waals surface area contributed by atoms with Gasteiger partial charge in [-0.1, -0.05) is 96.7 Å². The summed E-state index contributed by atoms with van der Waals surface area (Å²) in [6.45, 7) is 22.2. The minimum Gasteiger partial charge on any atom is -0.458 e. The number of nitrogens with zero attached hydrogens (tertiary/aromatic N) is 4. The molecule has 4 atom stereocenters. The van der Waals surface area contributed by atoms with Crippen LogP contribution >= 0.6 is 0 Å². The van der Waals surface area contributed by atoms with E-state index in [0.29, 0.717) is 117 Å². The molecule has 542 valence electrons. The first kappa shape index (κ1) is 75.0. The number of hydrogen-bond acceptors (Lipinski definition) is 14. The van der Waals surface area contributed by atoms with Gasteiger partial charge in [-0.3, -0.25) is 38.4 Å². The summed E-state index contributed by atoms with van der Waals surface area (Å²) in [7, 11) is 0. The second-order valence-corrected chi connectivity index (χ2v) is 29.9. The zero-order chi connectivity index (χ0) is 72.9. The Balaban J connectivity index is 0.667. The number of anilines is 1. The van der Waals surface area contributed by atoms with Crippen molar-refractivity contribution in [1.82, 2.24) is 41.0 Å². The van der Waals surface area contributed by atoms with E-state index in [1.165, 1.54) is 10.6 Å². The Bertz CT molecular complexity index is 4090. The van der Waals surface area contributed by atoms with Crippen LogP contribution in [-0.2, 0) is 86.0 Å². The maximum atomic E-state index is 15.6. The molecular weight excluding hydrogens is 1290 g/mol. The van der Waals surface area contributed by atoms with Crippen LogP contribution in [0.15, 0.2) is 72.0 Å².